The SMILES string of the molecule is C=CN(C)/C(=C\C)C(=C)/C=c1/cc(NC(=O)CN2CCCCC2)nc/c1=C/C. The van der Waals surface area contributed by atoms with E-state index in [-0.39, 0.29) is 5.91 Å². The predicted octanol–water partition coefficient (Wildman–Crippen LogP) is 2.62. The van der Waals surface area contributed by atoms with Crippen molar-refractivity contribution in [2.75, 3.05) is 32.0 Å². The summed E-state index contributed by atoms with van der Waals surface area (Å²) in [6.07, 6.45) is 13.1. The van der Waals surface area contributed by atoms with Gasteiger partial charge in [0, 0.05) is 18.9 Å². The third kappa shape index (κ3) is 5.92. The van der Waals surface area contributed by atoms with Crippen molar-refractivity contribution in [2.45, 2.75) is 33.1 Å². The van der Waals surface area contributed by atoms with E-state index >= 15 is 0 Å². The number of rotatable bonds is 7. The van der Waals surface area contributed by atoms with Crippen LogP contribution in [0.5, 0.6) is 0 Å². The fourth-order valence-corrected chi connectivity index (χ4v) is 3.39. The molecule has 5 heteroatoms. The van der Waals surface area contributed by atoms with Gasteiger partial charge in [-0.3, -0.25) is 9.69 Å². The van der Waals surface area contributed by atoms with E-state index in [1.54, 1.807) is 12.4 Å². The number of aromatic nitrogens is 1. The first-order chi connectivity index (χ1) is 13.5. The van der Waals surface area contributed by atoms with Crippen molar-refractivity contribution in [3.63, 3.8) is 0 Å². The zero-order chi connectivity index (χ0) is 20.5. The summed E-state index contributed by atoms with van der Waals surface area (Å²) >= 11 is 0. The first-order valence-electron chi connectivity index (χ1n) is 9.85. The lowest BCUT2D eigenvalue weighted by atomic mass is 10.1. The van der Waals surface area contributed by atoms with E-state index in [1.807, 2.05) is 50.1 Å². The Morgan fingerprint density at radius 3 is 2.61 bits per heavy atom. The van der Waals surface area contributed by atoms with Crippen molar-refractivity contribution >= 4 is 23.9 Å². The van der Waals surface area contributed by atoms with Gasteiger partial charge >= 0.3 is 0 Å². The molecule has 1 N–H and O–H groups in total. The van der Waals surface area contributed by atoms with E-state index in [2.05, 4.69) is 28.4 Å². The van der Waals surface area contributed by atoms with Gasteiger partial charge in [0.05, 0.1) is 6.54 Å². The molecule has 1 aliphatic heterocycles. The summed E-state index contributed by atoms with van der Waals surface area (Å²) in [7, 11) is 1.94. The van der Waals surface area contributed by atoms with Gasteiger partial charge in [-0.25, -0.2) is 4.98 Å². The van der Waals surface area contributed by atoms with Gasteiger partial charge in [0.15, 0.2) is 0 Å². The van der Waals surface area contributed by atoms with E-state index < -0.39 is 0 Å². The van der Waals surface area contributed by atoms with Crippen LogP contribution < -0.4 is 15.8 Å². The lowest BCUT2D eigenvalue weighted by Gasteiger charge is -2.25. The fourth-order valence-electron chi connectivity index (χ4n) is 3.39. The number of nitrogens with one attached hydrogen (secondary N) is 1. The molecule has 1 aromatic rings. The molecule has 0 aromatic carbocycles. The van der Waals surface area contributed by atoms with Crippen molar-refractivity contribution in [3.05, 3.63) is 59.4 Å². The smallest absolute Gasteiger partial charge is 0.239 e. The number of anilines is 1. The third-order valence-corrected chi connectivity index (χ3v) is 4.95. The minimum atomic E-state index is -0.0204. The molecule has 0 aliphatic carbocycles. The van der Waals surface area contributed by atoms with Gasteiger partial charge in [-0.05, 0) is 74.1 Å². The molecule has 1 amide bonds. The molecule has 0 saturated carbocycles. The van der Waals surface area contributed by atoms with Gasteiger partial charge < -0.3 is 10.2 Å². The minimum absolute atomic E-state index is 0.0204. The molecule has 2 heterocycles. The van der Waals surface area contributed by atoms with E-state index in [0.29, 0.717) is 12.4 Å². The monoisotopic (exact) mass is 380 g/mol. The maximum absolute atomic E-state index is 12.4. The highest BCUT2D eigenvalue weighted by Gasteiger charge is 2.14. The van der Waals surface area contributed by atoms with Gasteiger partial charge in [-0.15, -0.1) is 0 Å². The zero-order valence-corrected chi connectivity index (χ0v) is 17.4. The van der Waals surface area contributed by atoms with Crippen molar-refractivity contribution in [1.82, 2.24) is 14.8 Å². The minimum Gasteiger partial charge on any atom is -0.351 e. The first-order valence-corrected chi connectivity index (χ1v) is 9.85. The molecule has 5 nitrogen and oxygen atoms in total. The zero-order valence-electron chi connectivity index (χ0n) is 17.4. The quantitative estimate of drug-likeness (QED) is 0.739. The Morgan fingerprint density at radius 1 is 1.29 bits per heavy atom. The highest BCUT2D eigenvalue weighted by atomic mass is 16.2. The summed E-state index contributed by atoms with van der Waals surface area (Å²) in [5.41, 5.74) is 1.84. The summed E-state index contributed by atoms with van der Waals surface area (Å²) in [5.74, 6) is 0.540. The number of pyridine rings is 1. The predicted molar refractivity (Wildman–Crippen MR) is 118 cm³/mol. The van der Waals surface area contributed by atoms with Gasteiger partial charge in [0.1, 0.15) is 5.82 Å². The number of hydrogen-bond acceptors (Lipinski definition) is 4. The van der Waals surface area contributed by atoms with Crippen LogP contribution in [0.4, 0.5) is 5.82 Å². The van der Waals surface area contributed by atoms with Crippen LogP contribution in [-0.2, 0) is 4.79 Å². The van der Waals surface area contributed by atoms with Gasteiger partial charge in [-0.2, -0.15) is 0 Å². The Morgan fingerprint density at radius 2 is 2.00 bits per heavy atom. The van der Waals surface area contributed by atoms with E-state index in [0.717, 1.165) is 34.8 Å². The number of likely N-dealkylation sites (N-methyl/N-ethyl adjacent to an activating group) is 1. The summed E-state index contributed by atoms with van der Waals surface area (Å²) in [6, 6.07) is 1.90. The molecule has 1 saturated heterocycles. The lowest BCUT2D eigenvalue weighted by molar-refractivity contribution is -0.117. The van der Waals surface area contributed by atoms with Crippen LogP contribution in [0.3, 0.4) is 0 Å². The third-order valence-electron chi connectivity index (χ3n) is 4.95. The average Bonchev–Trinajstić information content (AvgIpc) is 2.69. The number of carbonyl (C=O) groups is 1. The molecular weight excluding hydrogens is 348 g/mol. The Balaban J connectivity index is 2.22. The Labute approximate surface area is 168 Å². The second kappa shape index (κ2) is 10.6. The van der Waals surface area contributed by atoms with Crippen LogP contribution in [-0.4, -0.2) is 47.4 Å². The maximum atomic E-state index is 12.4. The first kappa shape index (κ1) is 21.6. The van der Waals surface area contributed by atoms with Crippen LogP contribution in [0.2, 0.25) is 0 Å². The molecule has 1 aromatic heterocycles. The van der Waals surface area contributed by atoms with Crippen LogP contribution in [0.1, 0.15) is 33.1 Å². The maximum Gasteiger partial charge on any atom is 0.239 e. The van der Waals surface area contributed by atoms with Crippen LogP contribution in [0.25, 0.3) is 12.2 Å². The van der Waals surface area contributed by atoms with Gasteiger partial charge in [0.2, 0.25) is 5.91 Å². The van der Waals surface area contributed by atoms with E-state index in [4.69, 9.17) is 0 Å². The van der Waals surface area contributed by atoms with Crippen LogP contribution in [0.15, 0.2) is 49.0 Å². The number of hydrogen-bond donors (Lipinski definition) is 1. The summed E-state index contributed by atoms with van der Waals surface area (Å²) in [6.45, 7) is 14.3. The second-order valence-corrected chi connectivity index (χ2v) is 7.01. The largest absolute Gasteiger partial charge is 0.351 e. The summed E-state index contributed by atoms with van der Waals surface area (Å²) < 4.78 is 0. The number of allylic oxidation sites excluding steroid dienone is 2. The summed E-state index contributed by atoms with van der Waals surface area (Å²) in [5, 5.41) is 4.89. The molecule has 0 atom stereocenters. The van der Waals surface area contributed by atoms with Crippen molar-refractivity contribution < 1.29 is 4.79 Å². The number of carbonyl (C=O) groups excluding carboxylic acids is 1. The highest BCUT2D eigenvalue weighted by Crippen LogP contribution is 2.13. The Kier molecular flexibility index (Phi) is 8.20. The number of piperidine rings is 1. The highest BCUT2D eigenvalue weighted by molar-refractivity contribution is 5.91. The van der Waals surface area contributed by atoms with Crippen molar-refractivity contribution in [1.29, 1.82) is 0 Å². The van der Waals surface area contributed by atoms with Gasteiger partial charge in [-0.1, -0.05) is 31.7 Å². The molecule has 1 fully saturated rings. The molecular formula is C23H32N4O. The van der Waals surface area contributed by atoms with Crippen molar-refractivity contribution in [3.8, 4) is 0 Å². The lowest BCUT2D eigenvalue weighted by Crippen LogP contribution is -2.37. The number of nitrogens with zero attached hydrogens (tertiary/aromatic N) is 3. The molecule has 0 radical (unpaired) electrons. The van der Waals surface area contributed by atoms with Crippen LogP contribution >= 0.6 is 0 Å². The molecule has 0 unspecified atom stereocenters. The molecule has 28 heavy (non-hydrogen) atoms. The fraction of sp³-hybridized carbons (Fsp3) is 0.391. The van der Waals surface area contributed by atoms with E-state index in [1.165, 1.54) is 19.3 Å². The summed E-state index contributed by atoms with van der Waals surface area (Å²) in [4.78, 5) is 20.9. The average molecular weight is 381 g/mol. The van der Waals surface area contributed by atoms with Gasteiger partial charge in [0.25, 0.3) is 0 Å². The number of likely N-dealkylation sites (tertiary alicyclic amines) is 1. The van der Waals surface area contributed by atoms with Crippen LogP contribution in [0, 0.1) is 0 Å². The normalized spacial score (nSPS) is 16.8. The molecule has 150 valence electrons. The topological polar surface area (TPSA) is 48.5 Å². The molecule has 0 bridgehead atoms. The molecule has 2 rings (SSSR count). The van der Waals surface area contributed by atoms with Crippen molar-refractivity contribution in [2.24, 2.45) is 0 Å². The molecule has 1 aliphatic rings. The Bertz CT molecular complexity index is 863. The second-order valence-electron chi connectivity index (χ2n) is 7.01. The van der Waals surface area contributed by atoms with E-state index in [9.17, 15) is 4.79 Å². The molecule has 0 spiro atoms. The standard InChI is InChI=1S/C23H32N4O/c1-6-19-16-24-22(25-23(28)17-27-12-10-9-11-13-27)15-20(19)14-18(4)21(7-2)26(5)8-3/h6-8,14-16H,3-4,9-13,17H2,1-2,5H3,(H,25,28)/b19-6-,20-14-,21-7-. The Hall–Kier alpha value is -2.66. The number of amides is 1.